The van der Waals surface area contributed by atoms with Gasteiger partial charge in [-0.25, -0.2) is 0 Å². The second-order valence-corrected chi connectivity index (χ2v) is 4.31. The summed E-state index contributed by atoms with van der Waals surface area (Å²) in [5, 5.41) is 13.1. The van der Waals surface area contributed by atoms with Crippen LogP contribution in [-0.4, -0.2) is 27.4 Å². The van der Waals surface area contributed by atoms with Crippen molar-refractivity contribution in [2.75, 3.05) is 6.54 Å². The molecule has 84 valence electrons. The fourth-order valence-corrected chi connectivity index (χ4v) is 2.19. The monoisotopic (exact) mass is 275 g/mol. The van der Waals surface area contributed by atoms with Crippen molar-refractivity contribution in [3.8, 4) is 0 Å². The van der Waals surface area contributed by atoms with E-state index in [1.165, 1.54) is 0 Å². The summed E-state index contributed by atoms with van der Waals surface area (Å²) in [5.41, 5.74) is 6.05. The lowest BCUT2D eigenvalue weighted by molar-refractivity contribution is -0.138. The summed E-state index contributed by atoms with van der Waals surface area (Å²) in [6, 6.07) is 0.181. The maximum Gasteiger partial charge on any atom is 0.312 e. The molecule has 0 aliphatic rings. The fourth-order valence-electron chi connectivity index (χ4n) is 1.32. The van der Waals surface area contributed by atoms with Crippen molar-refractivity contribution in [2.24, 2.45) is 5.73 Å². The molecule has 6 heteroatoms. The summed E-state index contributed by atoms with van der Waals surface area (Å²) in [6.07, 6.45) is 1.55. The minimum Gasteiger partial charge on any atom is -0.481 e. The van der Waals surface area contributed by atoms with Gasteiger partial charge < -0.3 is 10.8 Å². The van der Waals surface area contributed by atoms with Gasteiger partial charge in [0.15, 0.2) is 0 Å². The van der Waals surface area contributed by atoms with Crippen LogP contribution in [0.1, 0.15) is 31.4 Å². The Morgan fingerprint density at radius 3 is 2.67 bits per heavy atom. The molecule has 0 bridgehead atoms. The van der Waals surface area contributed by atoms with Crippen LogP contribution in [0.5, 0.6) is 0 Å². The lowest BCUT2D eigenvalue weighted by atomic mass is 10.0. The molecule has 1 aromatic rings. The number of nitrogens with zero attached hydrogens (tertiary/aromatic N) is 2. The summed E-state index contributed by atoms with van der Waals surface area (Å²) in [7, 11) is 0. The Bertz CT molecular complexity index is 362. The van der Waals surface area contributed by atoms with E-state index in [0.717, 1.165) is 0 Å². The quantitative estimate of drug-likeness (QED) is 0.869. The molecule has 1 heterocycles. The van der Waals surface area contributed by atoms with E-state index in [0.29, 0.717) is 10.2 Å². The van der Waals surface area contributed by atoms with Crippen molar-refractivity contribution in [1.29, 1.82) is 0 Å². The zero-order valence-corrected chi connectivity index (χ0v) is 10.2. The number of hydrogen-bond acceptors (Lipinski definition) is 3. The number of carboxylic acids is 1. The Hall–Kier alpha value is -0.880. The summed E-state index contributed by atoms with van der Waals surface area (Å²) < 4.78 is 2.41. The van der Waals surface area contributed by atoms with E-state index in [-0.39, 0.29) is 12.6 Å². The molecular weight excluding hydrogens is 262 g/mol. The molecule has 0 aromatic carbocycles. The number of rotatable bonds is 4. The molecule has 0 aliphatic heterocycles. The van der Waals surface area contributed by atoms with Gasteiger partial charge in [-0.1, -0.05) is 0 Å². The summed E-state index contributed by atoms with van der Waals surface area (Å²) in [4.78, 5) is 10.9. The molecule has 0 radical (unpaired) electrons. The minimum absolute atomic E-state index is 0.0672. The van der Waals surface area contributed by atoms with E-state index in [4.69, 9.17) is 10.8 Å². The highest BCUT2D eigenvalue weighted by molar-refractivity contribution is 9.10. The first-order valence-corrected chi connectivity index (χ1v) is 5.44. The SMILES string of the molecule is CC(C)n1ncc(C(CN)C(=O)O)c1Br. The second kappa shape index (κ2) is 4.76. The van der Waals surface area contributed by atoms with Gasteiger partial charge in [0.05, 0.1) is 12.1 Å². The average molecular weight is 276 g/mol. The second-order valence-electron chi connectivity index (χ2n) is 3.56. The third-order valence-electron chi connectivity index (χ3n) is 2.16. The van der Waals surface area contributed by atoms with E-state index < -0.39 is 11.9 Å². The Morgan fingerprint density at radius 1 is 1.73 bits per heavy atom. The molecule has 1 aromatic heterocycles. The van der Waals surface area contributed by atoms with Crippen molar-refractivity contribution in [3.63, 3.8) is 0 Å². The Morgan fingerprint density at radius 2 is 2.33 bits per heavy atom. The maximum atomic E-state index is 10.9. The molecule has 0 fully saturated rings. The minimum atomic E-state index is -0.929. The first kappa shape index (κ1) is 12.2. The third kappa shape index (κ3) is 2.38. The van der Waals surface area contributed by atoms with Gasteiger partial charge in [0, 0.05) is 18.2 Å². The lowest BCUT2D eigenvalue weighted by Crippen LogP contribution is -2.21. The van der Waals surface area contributed by atoms with E-state index in [2.05, 4.69) is 21.0 Å². The van der Waals surface area contributed by atoms with Crippen LogP contribution in [0, 0.1) is 0 Å². The Labute approximate surface area is 96.4 Å². The van der Waals surface area contributed by atoms with Crippen molar-refractivity contribution < 1.29 is 9.90 Å². The van der Waals surface area contributed by atoms with Crippen LogP contribution in [0.4, 0.5) is 0 Å². The van der Waals surface area contributed by atoms with Gasteiger partial charge in [0.2, 0.25) is 0 Å². The van der Waals surface area contributed by atoms with Gasteiger partial charge in [-0.15, -0.1) is 0 Å². The zero-order valence-electron chi connectivity index (χ0n) is 8.64. The molecule has 0 aliphatic carbocycles. The molecule has 3 N–H and O–H groups in total. The Balaban J connectivity index is 3.09. The van der Waals surface area contributed by atoms with Gasteiger partial charge >= 0.3 is 5.97 Å². The number of carbonyl (C=O) groups is 1. The van der Waals surface area contributed by atoms with Crippen LogP contribution in [0.25, 0.3) is 0 Å². The van der Waals surface area contributed by atoms with Crippen molar-refractivity contribution in [3.05, 3.63) is 16.4 Å². The average Bonchev–Trinajstić information content (AvgIpc) is 2.49. The summed E-state index contributed by atoms with van der Waals surface area (Å²) in [5.74, 6) is -1.63. The molecule has 0 spiro atoms. The third-order valence-corrected chi connectivity index (χ3v) is 2.98. The first-order valence-electron chi connectivity index (χ1n) is 4.64. The number of hydrogen-bond donors (Lipinski definition) is 2. The van der Waals surface area contributed by atoms with Gasteiger partial charge in [-0.05, 0) is 29.8 Å². The van der Waals surface area contributed by atoms with Crippen LogP contribution >= 0.6 is 15.9 Å². The Kier molecular flexibility index (Phi) is 3.87. The van der Waals surface area contributed by atoms with Crippen molar-refractivity contribution >= 4 is 21.9 Å². The number of carboxylic acid groups (broad SMARTS) is 1. The van der Waals surface area contributed by atoms with Crippen LogP contribution in [0.2, 0.25) is 0 Å². The molecule has 1 unspecified atom stereocenters. The smallest absolute Gasteiger partial charge is 0.312 e. The summed E-state index contributed by atoms with van der Waals surface area (Å²) in [6.45, 7) is 4.01. The first-order chi connectivity index (χ1) is 6.99. The van der Waals surface area contributed by atoms with E-state index in [1.807, 2.05) is 13.8 Å². The normalized spacial score (nSPS) is 13.1. The van der Waals surface area contributed by atoms with Crippen molar-refractivity contribution in [1.82, 2.24) is 9.78 Å². The number of aromatic nitrogens is 2. The molecule has 0 amide bonds. The molecule has 1 atom stereocenters. The molecule has 15 heavy (non-hydrogen) atoms. The molecule has 5 nitrogen and oxygen atoms in total. The summed E-state index contributed by atoms with van der Waals surface area (Å²) >= 11 is 3.34. The van der Waals surface area contributed by atoms with Gasteiger partial charge in [-0.3, -0.25) is 9.48 Å². The standard InChI is InChI=1S/C9H14BrN3O2/c1-5(2)13-8(10)7(4-12-13)6(3-11)9(14)15/h4-6H,3,11H2,1-2H3,(H,14,15). The topological polar surface area (TPSA) is 81.1 Å². The number of nitrogens with two attached hydrogens (primary N) is 1. The van der Waals surface area contributed by atoms with E-state index in [1.54, 1.807) is 10.9 Å². The molecule has 1 rings (SSSR count). The largest absolute Gasteiger partial charge is 0.481 e. The van der Waals surface area contributed by atoms with Gasteiger partial charge in [0.25, 0.3) is 0 Å². The van der Waals surface area contributed by atoms with Crippen molar-refractivity contribution in [2.45, 2.75) is 25.8 Å². The molecular formula is C9H14BrN3O2. The lowest BCUT2D eigenvalue weighted by Gasteiger charge is -2.10. The molecule has 0 saturated heterocycles. The van der Waals surface area contributed by atoms with Crippen LogP contribution in [0.3, 0.4) is 0 Å². The van der Waals surface area contributed by atoms with Gasteiger partial charge in [0.1, 0.15) is 4.60 Å². The van der Waals surface area contributed by atoms with Crippen LogP contribution < -0.4 is 5.73 Å². The highest BCUT2D eigenvalue weighted by Gasteiger charge is 2.24. The number of halogens is 1. The van der Waals surface area contributed by atoms with Crippen LogP contribution in [-0.2, 0) is 4.79 Å². The van der Waals surface area contributed by atoms with E-state index >= 15 is 0 Å². The van der Waals surface area contributed by atoms with Crippen LogP contribution in [0.15, 0.2) is 10.8 Å². The van der Waals surface area contributed by atoms with Gasteiger partial charge in [-0.2, -0.15) is 5.10 Å². The maximum absolute atomic E-state index is 10.9. The predicted octanol–water partition coefficient (Wildman–Crippen LogP) is 1.35. The fraction of sp³-hybridized carbons (Fsp3) is 0.556. The highest BCUT2D eigenvalue weighted by atomic mass is 79.9. The van der Waals surface area contributed by atoms with E-state index in [9.17, 15) is 4.79 Å². The molecule has 0 saturated carbocycles. The predicted molar refractivity (Wildman–Crippen MR) is 59.7 cm³/mol. The zero-order chi connectivity index (χ0) is 11.6. The number of aliphatic carboxylic acids is 1. The highest BCUT2D eigenvalue weighted by Crippen LogP contribution is 2.26.